The minimum atomic E-state index is -3.68. The highest BCUT2D eigenvalue weighted by Gasteiger charge is 2.20. The van der Waals surface area contributed by atoms with Gasteiger partial charge in [-0.2, -0.15) is 0 Å². The van der Waals surface area contributed by atoms with E-state index in [1.54, 1.807) is 38.3 Å². The topological polar surface area (TPSA) is 58.6 Å². The minimum absolute atomic E-state index is 0.190. The molecule has 3 rings (SSSR count). The van der Waals surface area contributed by atoms with Crippen molar-refractivity contribution >= 4 is 33.0 Å². The molecule has 1 aliphatic heterocycles. The first-order valence-electron chi connectivity index (χ1n) is 8.56. The van der Waals surface area contributed by atoms with E-state index >= 15 is 0 Å². The van der Waals surface area contributed by atoms with Gasteiger partial charge in [0.2, 0.25) is 0 Å². The zero-order chi connectivity index (χ0) is 18.7. The van der Waals surface area contributed by atoms with E-state index in [-0.39, 0.29) is 4.90 Å². The highest BCUT2D eigenvalue weighted by atomic mass is 35.5. The van der Waals surface area contributed by atoms with Crippen LogP contribution in [0.2, 0.25) is 5.02 Å². The van der Waals surface area contributed by atoms with Crippen molar-refractivity contribution in [2.24, 2.45) is 0 Å². The fourth-order valence-corrected chi connectivity index (χ4v) is 4.73. The van der Waals surface area contributed by atoms with E-state index < -0.39 is 10.0 Å². The van der Waals surface area contributed by atoms with Crippen LogP contribution in [0.4, 0.5) is 11.4 Å². The van der Waals surface area contributed by atoms with Crippen LogP contribution in [0.1, 0.15) is 18.4 Å². The van der Waals surface area contributed by atoms with Gasteiger partial charge in [-0.1, -0.05) is 17.7 Å². The van der Waals surface area contributed by atoms with E-state index in [2.05, 4.69) is 9.62 Å². The quantitative estimate of drug-likeness (QED) is 0.830. The summed E-state index contributed by atoms with van der Waals surface area (Å²) in [6, 6.07) is 12.3. The molecule has 1 heterocycles. The van der Waals surface area contributed by atoms with Crippen LogP contribution in [0.15, 0.2) is 47.4 Å². The number of sulfonamides is 1. The summed E-state index contributed by atoms with van der Waals surface area (Å²) < 4.78 is 33.3. The molecule has 0 aliphatic carbocycles. The Bertz CT molecular complexity index is 861. The fourth-order valence-electron chi connectivity index (χ4n) is 3.16. The molecule has 2 aromatic carbocycles. The van der Waals surface area contributed by atoms with Crippen LogP contribution in [-0.4, -0.2) is 34.7 Å². The molecule has 1 N–H and O–H groups in total. The minimum Gasteiger partial charge on any atom is -0.381 e. The average Bonchev–Trinajstić information content (AvgIpc) is 2.64. The third kappa shape index (κ3) is 4.31. The zero-order valence-electron chi connectivity index (χ0n) is 14.9. The van der Waals surface area contributed by atoms with Crippen molar-refractivity contribution in [1.82, 2.24) is 0 Å². The van der Waals surface area contributed by atoms with Gasteiger partial charge in [0.25, 0.3) is 10.0 Å². The Morgan fingerprint density at radius 3 is 2.38 bits per heavy atom. The second kappa shape index (κ2) is 7.86. The third-order valence-corrected chi connectivity index (χ3v) is 6.46. The lowest BCUT2D eigenvalue weighted by Gasteiger charge is -2.33. The average molecular weight is 395 g/mol. The first-order valence-corrected chi connectivity index (χ1v) is 10.4. The van der Waals surface area contributed by atoms with Gasteiger partial charge in [-0.25, -0.2) is 8.42 Å². The SMILES string of the molecule is COC1CCN(c2ccc(NS(=O)(=O)c3cc(Cl)ccc3C)cc2)CC1. The van der Waals surface area contributed by atoms with Crippen molar-refractivity contribution in [3.05, 3.63) is 53.1 Å². The standard InChI is InChI=1S/C19H23ClN2O3S/c1-14-3-4-15(20)13-19(14)26(23,24)21-16-5-7-17(8-6-16)22-11-9-18(25-2)10-12-22/h3-8,13,18,21H,9-12H2,1-2H3. The smallest absolute Gasteiger partial charge is 0.262 e. The molecule has 0 amide bonds. The summed E-state index contributed by atoms with van der Waals surface area (Å²) in [7, 11) is -1.93. The Kier molecular flexibility index (Phi) is 5.75. The number of nitrogens with zero attached hydrogens (tertiary/aromatic N) is 1. The second-order valence-electron chi connectivity index (χ2n) is 6.48. The molecular formula is C19H23ClN2O3S. The summed E-state index contributed by atoms with van der Waals surface area (Å²) in [5, 5.41) is 0.394. The first-order chi connectivity index (χ1) is 12.4. The van der Waals surface area contributed by atoms with Crippen molar-refractivity contribution in [2.45, 2.75) is 30.8 Å². The monoisotopic (exact) mass is 394 g/mol. The van der Waals surface area contributed by atoms with Gasteiger partial charge in [-0.3, -0.25) is 4.72 Å². The molecule has 26 heavy (non-hydrogen) atoms. The van der Waals surface area contributed by atoms with Crippen molar-refractivity contribution in [3.8, 4) is 0 Å². The van der Waals surface area contributed by atoms with Crippen molar-refractivity contribution in [2.75, 3.05) is 29.8 Å². The van der Waals surface area contributed by atoms with Gasteiger partial charge >= 0.3 is 0 Å². The van der Waals surface area contributed by atoms with Crippen LogP contribution < -0.4 is 9.62 Å². The maximum absolute atomic E-state index is 12.6. The Hall–Kier alpha value is -1.76. The maximum Gasteiger partial charge on any atom is 0.262 e. The molecule has 1 saturated heterocycles. The van der Waals surface area contributed by atoms with Crippen LogP contribution in [0.25, 0.3) is 0 Å². The van der Waals surface area contributed by atoms with Gasteiger partial charge in [-0.05, 0) is 61.7 Å². The van der Waals surface area contributed by atoms with Crippen molar-refractivity contribution in [1.29, 1.82) is 0 Å². The molecule has 5 nitrogen and oxygen atoms in total. The number of halogens is 1. The van der Waals surface area contributed by atoms with E-state index in [0.29, 0.717) is 22.4 Å². The van der Waals surface area contributed by atoms with Gasteiger partial charge < -0.3 is 9.64 Å². The molecule has 0 atom stereocenters. The normalized spacial score (nSPS) is 15.9. The molecule has 0 radical (unpaired) electrons. The summed E-state index contributed by atoms with van der Waals surface area (Å²) in [5.74, 6) is 0. The molecule has 140 valence electrons. The Labute approximate surface area is 160 Å². The number of aryl methyl sites for hydroxylation is 1. The fraction of sp³-hybridized carbons (Fsp3) is 0.368. The van der Waals surface area contributed by atoms with E-state index in [4.69, 9.17) is 16.3 Å². The maximum atomic E-state index is 12.6. The van der Waals surface area contributed by atoms with Crippen LogP contribution in [0, 0.1) is 6.92 Å². The number of ether oxygens (including phenoxy) is 1. The largest absolute Gasteiger partial charge is 0.381 e. The zero-order valence-corrected chi connectivity index (χ0v) is 16.5. The summed E-state index contributed by atoms with van der Waals surface area (Å²) in [4.78, 5) is 2.48. The lowest BCUT2D eigenvalue weighted by atomic mass is 10.1. The first kappa shape index (κ1) is 19.0. The number of benzene rings is 2. The van der Waals surface area contributed by atoms with E-state index in [0.717, 1.165) is 31.6 Å². The number of anilines is 2. The Morgan fingerprint density at radius 2 is 1.77 bits per heavy atom. The van der Waals surface area contributed by atoms with E-state index in [1.807, 2.05) is 12.1 Å². The third-order valence-electron chi connectivity index (χ3n) is 4.70. The molecule has 1 fully saturated rings. The highest BCUT2D eigenvalue weighted by Crippen LogP contribution is 2.26. The molecule has 0 saturated carbocycles. The molecule has 0 aromatic heterocycles. The summed E-state index contributed by atoms with van der Waals surface area (Å²) >= 11 is 5.95. The number of nitrogens with one attached hydrogen (secondary N) is 1. The highest BCUT2D eigenvalue weighted by molar-refractivity contribution is 7.92. The van der Waals surface area contributed by atoms with Gasteiger partial charge in [0, 0.05) is 36.6 Å². The van der Waals surface area contributed by atoms with E-state index in [9.17, 15) is 8.42 Å². The van der Waals surface area contributed by atoms with Crippen LogP contribution in [-0.2, 0) is 14.8 Å². The molecule has 0 spiro atoms. The predicted octanol–water partition coefficient (Wildman–Crippen LogP) is 4.06. The molecular weight excluding hydrogens is 372 g/mol. The van der Waals surface area contributed by atoms with Gasteiger partial charge in [0.15, 0.2) is 0 Å². The molecule has 7 heteroatoms. The van der Waals surface area contributed by atoms with Crippen molar-refractivity contribution < 1.29 is 13.2 Å². The van der Waals surface area contributed by atoms with Gasteiger partial charge in [-0.15, -0.1) is 0 Å². The number of rotatable bonds is 5. The van der Waals surface area contributed by atoms with Crippen molar-refractivity contribution in [3.63, 3.8) is 0 Å². The van der Waals surface area contributed by atoms with Crippen LogP contribution in [0.3, 0.4) is 0 Å². The van der Waals surface area contributed by atoms with Crippen LogP contribution >= 0.6 is 11.6 Å². The number of hydrogen-bond acceptors (Lipinski definition) is 4. The summed E-state index contributed by atoms with van der Waals surface area (Å²) in [5.41, 5.74) is 2.26. The Balaban J connectivity index is 1.72. The summed E-state index contributed by atoms with van der Waals surface area (Å²) in [6.07, 6.45) is 2.33. The van der Waals surface area contributed by atoms with Gasteiger partial charge in [0.05, 0.1) is 11.0 Å². The van der Waals surface area contributed by atoms with E-state index in [1.165, 1.54) is 6.07 Å². The molecule has 0 unspecified atom stereocenters. The molecule has 0 bridgehead atoms. The number of piperidine rings is 1. The molecule has 2 aromatic rings. The Morgan fingerprint density at radius 1 is 1.12 bits per heavy atom. The molecule has 1 aliphatic rings. The second-order valence-corrected chi connectivity index (χ2v) is 8.57. The predicted molar refractivity (Wildman–Crippen MR) is 106 cm³/mol. The summed E-state index contributed by atoms with van der Waals surface area (Å²) in [6.45, 7) is 3.62. The number of methoxy groups -OCH3 is 1. The lowest BCUT2D eigenvalue weighted by Crippen LogP contribution is -2.36. The van der Waals surface area contributed by atoms with Gasteiger partial charge in [0.1, 0.15) is 0 Å². The number of hydrogen-bond donors (Lipinski definition) is 1. The van der Waals surface area contributed by atoms with Crippen LogP contribution in [0.5, 0.6) is 0 Å². The lowest BCUT2D eigenvalue weighted by molar-refractivity contribution is 0.0819.